The summed E-state index contributed by atoms with van der Waals surface area (Å²) in [4.78, 5) is 25.4. The van der Waals surface area contributed by atoms with Gasteiger partial charge in [-0.2, -0.15) is 0 Å². The van der Waals surface area contributed by atoms with Crippen LogP contribution in [-0.2, 0) is 11.2 Å². The van der Waals surface area contributed by atoms with E-state index in [2.05, 4.69) is 16.0 Å². The molecule has 4 rings (SSSR count). The molecule has 1 heterocycles. The topological polar surface area (TPSA) is 79.5 Å². The normalized spacial score (nSPS) is 21.5. The highest BCUT2D eigenvalue weighted by molar-refractivity contribution is 6.02. The minimum absolute atomic E-state index is 0.339. The van der Waals surface area contributed by atoms with Gasteiger partial charge in [-0.1, -0.05) is 24.3 Å². The molecule has 7 heteroatoms. The van der Waals surface area contributed by atoms with E-state index in [0.29, 0.717) is 17.0 Å². The second kappa shape index (κ2) is 8.02. The van der Waals surface area contributed by atoms with Crippen LogP contribution in [0.4, 0.5) is 15.8 Å². The molecule has 2 aromatic carbocycles. The second-order valence-electron chi connectivity index (χ2n) is 7.19. The maximum absolute atomic E-state index is 15.8. The van der Waals surface area contributed by atoms with Crippen molar-refractivity contribution in [3.8, 4) is 5.75 Å². The third kappa shape index (κ3) is 3.78. The molecule has 2 unspecified atom stereocenters. The number of hydrogen-bond donors (Lipinski definition) is 3. The second-order valence-corrected chi connectivity index (χ2v) is 7.19. The van der Waals surface area contributed by atoms with Gasteiger partial charge in [-0.15, -0.1) is 0 Å². The number of halogens is 1. The monoisotopic (exact) mass is 407 g/mol. The third-order valence-corrected chi connectivity index (χ3v) is 5.27. The lowest BCUT2D eigenvalue weighted by molar-refractivity contribution is -0.125. The zero-order chi connectivity index (χ0) is 21.1. The lowest BCUT2D eigenvalue weighted by Gasteiger charge is -2.30. The number of carbonyl (C=O) groups excluding carboxylic acids is 2. The average Bonchev–Trinajstić information content (AvgIpc) is 3.23. The van der Waals surface area contributed by atoms with Crippen molar-refractivity contribution in [2.75, 3.05) is 24.3 Å². The van der Waals surface area contributed by atoms with Gasteiger partial charge in [0.25, 0.3) is 11.8 Å². The van der Waals surface area contributed by atoms with E-state index in [4.69, 9.17) is 4.74 Å². The van der Waals surface area contributed by atoms with E-state index in [1.165, 1.54) is 19.3 Å². The Kier molecular flexibility index (Phi) is 5.27. The number of nitrogens with one attached hydrogen (secondary N) is 3. The van der Waals surface area contributed by atoms with Gasteiger partial charge in [0.1, 0.15) is 5.75 Å². The number of hydrogen-bond acceptors (Lipinski definition) is 4. The molecule has 154 valence electrons. The van der Waals surface area contributed by atoms with E-state index in [0.717, 1.165) is 30.3 Å². The zero-order valence-electron chi connectivity index (χ0n) is 16.4. The molecule has 0 fully saturated rings. The molecule has 3 N–H and O–H groups in total. The van der Waals surface area contributed by atoms with Gasteiger partial charge in [-0.3, -0.25) is 9.59 Å². The molecule has 0 saturated heterocycles. The number of anilines is 2. The van der Waals surface area contributed by atoms with Gasteiger partial charge in [-0.25, -0.2) is 4.39 Å². The number of benzene rings is 2. The Hall–Kier alpha value is -3.61. The number of carbonyl (C=O) groups is 2. The number of alkyl halides is 1. The summed E-state index contributed by atoms with van der Waals surface area (Å²) in [6.07, 6.45) is 6.60. The molecule has 30 heavy (non-hydrogen) atoms. The summed E-state index contributed by atoms with van der Waals surface area (Å²) in [6.45, 7) is 0.840. The van der Waals surface area contributed by atoms with Gasteiger partial charge in [0.05, 0.1) is 13.2 Å². The van der Waals surface area contributed by atoms with Crippen LogP contribution in [0.2, 0.25) is 0 Å². The van der Waals surface area contributed by atoms with E-state index >= 15 is 4.39 Å². The van der Waals surface area contributed by atoms with Crippen molar-refractivity contribution in [2.24, 2.45) is 0 Å². The van der Waals surface area contributed by atoms with Gasteiger partial charge >= 0.3 is 0 Å². The molecule has 6 nitrogen and oxygen atoms in total. The fourth-order valence-corrected chi connectivity index (χ4v) is 3.55. The first-order valence-corrected chi connectivity index (χ1v) is 9.68. The summed E-state index contributed by atoms with van der Waals surface area (Å²) < 4.78 is 20.9. The molecule has 1 aliphatic heterocycles. The molecule has 2 aromatic rings. The first-order chi connectivity index (χ1) is 14.5. The van der Waals surface area contributed by atoms with Crippen LogP contribution in [0.25, 0.3) is 0 Å². The van der Waals surface area contributed by atoms with Crippen LogP contribution in [0, 0.1) is 0 Å². The van der Waals surface area contributed by atoms with Crippen molar-refractivity contribution in [1.82, 2.24) is 5.32 Å². The number of ether oxygens (including phenoxy) is 1. The maximum atomic E-state index is 15.8. The summed E-state index contributed by atoms with van der Waals surface area (Å²) in [7, 11) is 1.53. The van der Waals surface area contributed by atoms with E-state index in [-0.39, 0.29) is 0 Å². The van der Waals surface area contributed by atoms with Gasteiger partial charge in [0.15, 0.2) is 0 Å². The standard InChI is InChI=1S/C23H22FN3O3/c1-30-18-9-6-16(7-10-18)21(28)27-20-4-2-3-12-23(20,24)22(29)26-17-8-5-15-11-13-25-19(15)14-17/h2-10,12,14,20,25H,11,13H2,1H3,(H,26,29)(H,27,28). The van der Waals surface area contributed by atoms with Crippen molar-refractivity contribution in [1.29, 1.82) is 0 Å². The molecule has 2 aliphatic rings. The first kappa shape index (κ1) is 19.7. The Balaban J connectivity index is 1.50. The van der Waals surface area contributed by atoms with Crippen LogP contribution in [0.1, 0.15) is 15.9 Å². The summed E-state index contributed by atoms with van der Waals surface area (Å²) in [5.74, 6) is -0.727. The first-order valence-electron chi connectivity index (χ1n) is 9.68. The highest BCUT2D eigenvalue weighted by Gasteiger charge is 2.45. The Bertz CT molecular complexity index is 1030. The lowest BCUT2D eigenvalue weighted by Crippen LogP contribution is -2.55. The van der Waals surface area contributed by atoms with Crippen LogP contribution in [0.3, 0.4) is 0 Å². The Labute approximate surface area is 173 Å². The van der Waals surface area contributed by atoms with Crippen molar-refractivity contribution in [3.05, 3.63) is 77.9 Å². The van der Waals surface area contributed by atoms with E-state index in [9.17, 15) is 9.59 Å². The van der Waals surface area contributed by atoms with Crippen LogP contribution >= 0.6 is 0 Å². The molecule has 0 saturated carbocycles. The minimum atomic E-state index is -2.43. The summed E-state index contributed by atoms with van der Waals surface area (Å²) in [6, 6.07) is 10.7. The fourth-order valence-electron chi connectivity index (χ4n) is 3.55. The van der Waals surface area contributed by atoms with Crippen LogP contribution < -0.4 is 20.7 Å². The summed E-state index contributed by atoms with van der Waals surface area (Å²) >= 11 is 0. The Morgan fingerprint density at radius 2 is 1.97 bits per heavy atom. The Morgan fingerprint density at radius 3 is 2.73 bits per heavy atom. The largest absolute Gasteiger partial charge is 0.497 e. The molecule has 0 aromatic heterocycles. The van der Waals surface area contributed by atoms with Crippen molar-refractivity contribution < 1.29 is 18.7 Å². The SMILES string of the molecule is COc1ccc(C(=O)NC2C=CC=CC2(F)C(=O)Nc2ccc3c(c2)NCC3)cc1. The maximum Gasteiger partial charge on any atom is 0.268 e. The summed E-state index contributed by atoms with van der Waals surface area (Å²) in [5.41, 5.74) is 0.500. The predicted molar refractivity (Wildman–Crippen MR) is 114 cm³/mol. The number of rotatable bonds is 5. The van der Waals surface area contributed by atoms with E-state index in [1.807, 2.05) is 6.07 Å². The van der Waals surface area contributed by atoms with Gasteiger partial charge in [0.2, 0.25) is 5.67 Å². The zero-order valence-corrected chi connectivity index (χ0v) is 16.4. The molecule has 0 spiro atoms. The predicted octanol–water partition coefficient (Wildman–Crippen LogP) is 3.23. The van der Waals surface area contributed by atoms with Crippen LogP contribution in [0.15, 0.2) is 66.8 Å². The number of amides is 2. The summed E-state index contributed by atoms with van der Waals surface area (Å²) in [5, 5.41) is 8.47. The fraction of sp³-hybridized carbons (Fsp3) is 0.217. The van der Waals surface area contributed by atoms with Crippen molar-refractivity contribution in [3.63, 3.8) is 0 Å². The van der Waals surface area contributed by atoms with E-state index in [1.54, 1.807) is 42.5 Å². The van der Waals surface area contributed by atoms with Crippen LogP contribution in [-0.4, -0.2) is 37.2 Å². The minimum Gasteiger partial charge on any atom is -0.497 e. The van der Waals surface area contributed by atoms with Gasteiger partial charge in [0, 0.05) is 23.5 Å². The average molecular weight is 407 g/mol. The number of methoxy groups -OCH3 is 1. The Morgan fingerprint density at radius 1 is 1.17 bits per heavy atom. The van der Waals surface area contributed by atoms with Gasteiger partial charge in [-0.05, 0) is 54.5 Å². The molecule has 0 radical (unpaired) electrons. The van der Waals surface area contributed by atoms with Crippen molar-refractivity contribution in [2.45, 2.75) is 18.1 Å². The number of allylic oxidation sites excluding steroid dienone is 2. The molecule has 2 amide bonds. The molecule has 2 atom stereocenters. The molecule has 0 bridgehead atoms. The molecular formula is C23H22FN3O3. The highest BCUT2D eigenvalue weighted by Crippen LogP contribution is 2.29. The van der Waals surface area contributed by atoms with Crippen molar-refractivity contribution >= 4 is 23.2 Å². The van der Waals surface area contributed by atoms with Gasteiger partial charge < -0.3 is 20.7 Å². The van der Waals surface area contributed by atoms with E-state index < -0.39 is 23.5 Å². The third-order valence-electron chi connectivity index (χ3n) is 5.27. The lowest BCUT2D eigenvalue weighted by atomic mass is 9.90. The highest BCUT2D eigenvalue weighted by atomic mass is 19.1. The smallest absolute Gasteiger partial charge is 0.268 e. The quantitative estimate of drug-likeness (QED) is 0.711. The molecular weight excluding hydrogens is 385 g/mol. The van der Waals surface area contributed by atoms with Crippen LogP contribution in [0.5, 0.6) is 5.75 Å². The molecule has 1 aliphatic carbocycles. The number of fused-ring (bicyclic) bond motifs is 1.